The standard InChI is InChI=1S/C7H5BrN2O2S/c8-5-1-2-9-7-4(5)3-6(10-7)13(11)12/h1-2H,3H2,(H,9,10). The smallest absolute Gasteiger partial charge is 0.234 e. The van der Waals surface area contributed by atoms with Gasteiger partial charge in [-0.05, 0) is 6.07 Å². The lowest BCUT2D eigenvalue weighted by Gasteiger charge is -1.97. The first-order valence-electron chi connectivity index (χ1n) is 3.54. The van der Waals surface area contributed by atoms with E-state index in [2.05, 4.69) is 26.2 Å². The molecule has 13 heavy (non-hydrogen) atoms. The van der Waals surface area contributed by atoms with Gasteiger partial charge in [0.2, 0.25) is 10.3 Å². The van der Waals surface area contributed by atoms with E-state index in [0.717, 1.165) is 10.0 Å². The Morgan fingerprint density at radius 3 is 2.92 bits per heavy atom. The number of fused-ring (bicyclic) bond motifs is 1. The van der Waals surface area contributed by atoms with E-state index in [0.29, 0.717) is 12.2 Å². The second-order valence-corrected chi connectivity index (χ2v) is 4.40. The average Bonchev–Trinajstić information content (AvgIpc) is 2.49. The maximum absolute atomic E-state index is 10.6. The van der Waals surface area contributed by atoms with Crippen LogP contribution in [0.3, 0.4) is 0 Å². The topological polar surface area (TPSA) is 59.1 Å². The van der Waals surface area contributed by atoms with E-state index in [9.17, 15) is 8.42 Å². The van der Waals surface area contributed by atoms with Gasteiger partial charge in [0.15, 0.2) is 0 Å². The van der Waals surface area contributed by atoms with Gasteiger partial charge in [0.1, 0.15) is 10.8 Å². The minimum Gasteiger partial charge on any atom is -0.330 e. The highest BCUT2D eigenvalue weighted by Gasteiger charge is 2.20. The Morgan fingerprint density at radius 2 is 2.31 bits per heavy atom. The highest BCUT2D eigenvalue weighted by atomic mass is 79.9. The van der Waals surface area contributed by atoms with Gasteiger partial charge < -0.3 is 5.32 Å². The molecule has 0 bridgehead atoms. The number of pyridine rings is 1. The van der Waals surface area contributed by atoms with Crippen molar-refractivity contribution < 1.29 is 8.42 Å². The highest BCUT2D eigenvalue weighted by Crippen LogP contribution is 2.27. The Balaban J connectivity index is 2.59. The molecule has 0 unspecified atom stereocenters. The third-order valence-electron chi connectivity index (χ3n) is 1.79. The number of nitrogens with zero attached hydrogens (tertiary/aromatic N) is 1. The Kier molecular flexibility index (Phi) is 2.09. The summed E-state index contributed by atoms with van der Waals surface area (Å²) in [5.74, 6) is 0.619. The van der Waals surface area contributed by atoms with Crippen LogP contribution in [0, 0.1) is 0 Å². The number of nitrogens with one attached hydrogen (secondary N) is 1. The van der Waals surface area contributed by atoms with E-state index in [4.69, 9.17) is 0 Å². The molecule has 1 aromatic rings. The molecule has 0 spiro atoms. The van der Waals surface area contributed by atoms with E-state index in [1.165, 1.54) is 0 Å². The van der Waals surface area contributed by atoms with Crippen molar-refractivity contribution in [2.75, 3.05) is 5.32 Å². The summed E-state index contributed by atoms with van der Waals surface area (Å²) < 4.78 is 22.2. The molecule has 1 aromatic heterocycles. The minimum atomic E-state index is -2.18. The van der Waals surface area contributed by atoms with Crippen molar-refractivity contribution in [1.29, 1.82) is 0 Å². The molecule has 1 aliphatic heterocycles. The molecule has 0 radical (unpaired) electrons. The summed E-state index contributed by atoms with van der Waals surface area (Å²) in [7, 11) is -2.18. The summed E-state index contributed by atoms with van der Waals surface area (Å²) in [5, 5.41) is 2.74. The summed E-state index contributed by atoms with van der Waals surface area (Å²) in [6.07, 6.45) is 2.01. The monoisotopic (exact) mass is 260 g/mol. The van der Waals surface area contributed by atoms with Gasteiger partial charge in [0.25, 0.3) is 0 Å². The molecule has 1 aliphatic rings. The summed E-state index contributed by atoms with van der Waals surface area (Å²) in [4.78, 5) is 4.29. The van der Waals surface area contributed by atoms with Crippen molar-refractivity contribution in [1.82, 2.24) is 4.98 Å². The van der Waals surface area contributed by atoms with Crippen LogP contribution < -0.4 is 5.32 Å². The molecule has 2 rings (SSSR count). The first-order chi connectivity index (χ1) is 6.18. The molecule has 0 saturated heterocycles. The molecule has 0 amide bonds. The molecule has 0 fully saturated rings. The molecule has 4 nitrogen and oxygen atoms in total. The van der Waals surface area contributed by atoms with E-state index >= 15 is 0 Å². The first kappa shape index (κ1) is 8.71. The lowest BCUT2D eigenvalue weighted by atomic mass is 10.2. The van der Waals surface area contributed by atoms with Crippen LogP contribution in [0.4, 0.5) is 5.82 Å². The minimum absolute atomic E-state index is 0.273. The van der Waals surface area contributed by atoms with Crippen LogP contribution in [0.1, 0.15) is 5.56 Å². The number of anilines is 1. The van der Waals surface area contributed by atoms with Crippen molar-refractivity contribution in [3.05, 3.63) is 22.3 Å². The lowest BCUT2D eigenvalue weighted by molar-refractivity contribution is 0.627. The quantitative estimate of drug-likeness (QED) is 0.702. The number of hydrogen-bond acceptors (Lipinski definition) is 3. The Hall–Kier alpha value is -0.880. The van der Waals surface area contributed by atoms with Crippen LogP contribution in [0.25, 0.3) is 0 Å². The summed E-state index contributed by atoms with van der Waals surface area (Å²) in [5.41, 5.74) is 0.890. The zero-order chi connectivity index (χ0) is 9.42. The zero-order valence-corrected chi connectivity index (χ0v) is 8.81. The predicted octanol–water partition coefficient (Wildman–Crippen LogP) is 0.821. The summed E-state index contributed by atoms with van der Waals surface area (Å²) >= 11 is 3.33. The normalized spacial score (nSPS) is 13.8. The van der Waals surface area contributed by atoms with E-state index in [1.807, 2.05) is 0 Å². The SMILES string of the molecule is O=S(=O)=C1Cc2c(Br)ccnc2N1. The number of rotatable bonds is 0. The third kappa shape index (κ3) is 1.47. The van der Waals surface area contributed by atoms with Crippen molar-refractivity contribution >= 4 is 37.0 Å². The van der Waals surface area contributed by atoms with Crippen molar-refractivity contribution in [2.45, 2.75) is 6.42 Å². The summed E-state index contributed by atoms with van der Waals surface area (Å²) in [6.45, 7) is 0. The molecular weight excluding hydrogens is 256 g/mol. The molecular formula is C7H5BrN2O2S. The van der Waals surface area contributed by atoms with Gasteiger partial charge in [-0.2, -0.15) is 8.42 Å². The molecule has 0 aromatic carbocycles. The van der Waals surface area contributed by atoms with E-state index in [1.54, 1.807) is 12.3 Å². The maximum Gasteiger partial charge on any atom is 0.234 e. The highest BCUT2D eigenvalue weighted by molar-refractivity contribution is 9.10. The van der Waals surface area contributed by atoms with Gasteiger partial charge in [-0.15, -0.1) is 0 Å². The van der Waals surface area contributed by atoms with Crippen LogP contribution in [0.5, 0.6) is 0 Å². The van der Waals surface area contributed by atoms with Crippen molar-refractivity contribution in [2.24, 2.45) is 0 Å². The number of hydrogen-bond donors (Lipinski definition) is 1. The van der Waals surface area contributed by atoms with Gasteiger partial charge in [-0.1, -0.05) is 15.9 Å². The largest absolute Gasteiger partial charge is 0.330 e. The van der Waals surface area contributed by atoms with E-state index in [-0.39, 0.29) is 4.99 Å². The van der Waals surface area contributed by atoms with Crippen LogP contribution in [0.2, 0.25) is 0 Å². The van der Waals surface area contributed by atoms with Crippen LogP contribution in [0.15, 0.2) is 16.7 Å². The molecule has 6 heteroatoms. The molecule has 2 heterocycles. The van der Waals surface area contributed by atoms with Crippen molar-refractivity contribution in [3.8, 4) is 0 Å². The second-order valence-electron chi connectivity index (χ2n) is 2.58. The third-order valence-corrected chi connectivity index (χ3v) is 3.19. The van der Waals surface area contributed by atoms with Crippen LogP contribution >= 0.6 is 15.9 Å². The molecule has 0 atom stereocenters. The van der Waals surface area contributed by atoms with Gasteiger partial charge in [-0.3, -0.25) is 0 Å². The van der Waals surface area contributed by atoms with Gasteiger partial charge >= 0.3 is 0 Å². The van der Waals surface area contributed by atoms with Gasteiger partial charge in [0, 0.05) is 22.7 Å². The maximum atomic E-state index is 10.6. The number of aromatic nitrogens is 1. The Bertz CT molecular complexity index is 487. The zero-order valence-electron chi connectivity index (χ0n) is 6.41. The molecule has 68 valence electrons. The number of halogens is 1. The van der Waals surface area contributed by atoms with Gasteiger partial charge in [0.05, 0.1) is 0 Å². The molecule has 1 N–H and O–H groups in total. The fourth-order valence-electron chi connectivity index (χ4n) is 1.18. The first-order valence-corrected chi connectivity index (χ1v) is 5.41. The summed E-state index contributed by atoms with van der Waals surface area (Å²) in [6, 6.07) is 1.79. The van der Waals surface area contributed by atoms with E-state index < -0.39 is 10.3 Å². The fraction of sp³-hybridized carbons (Fsp3) is 0.143. The van der Waals surface area contributed by atoms with Crippen LogP contribution in [-0.2, 0) is 16.7 Å². The second kappa shape index (κ2) is 3.12. The van der Waals surface area contributed by atoms with Crippen LogP contribution in [-0.4, -0.2) is 18.4 Å². The Labute approximate surface area is 84.7 Å². The average molecular weight is 261 g/mol. The van der Waals surface area contributed by atoms with Crippen molar-refractivity contribution in [3.63, 3.8) is 0 Å². The fourth-order valence-corrected chi connectivity index (χ4v) is 2.07. The molecule has 0 saturated carbocycles. The predicted molar refractivity (Wildman–Crippen MR) is 53.2 cm³/mol. The molecule has 0 aliphatic carbocycles. The lowest BCUT2D eigenvalue weighted by Crippen LogP contribution is -2.07. The Morgan fingerprint density at radius 1 is 1.54 bits per heavy atom. The van der Waals surface area contributed by atoms with Gasteiger partial charge in [-0.25, -0.2) is 4.98 Å².